The summed E-state index contributed by atoms with van der Waals surface area (Å²) in [6.45, 7) is 2.09. The van der Waals surface area contributed by atoms with Gasteiger partial charge in [0.1, 0.15) is 5.82 Å². The summed E-state index contributed by atoms with van der Waals surface area (Å²) in [6, 6.07) is 14.2. The van der Waals surface area contributed by atoms with Gasteiger partial charge in [-0.25, -0.2) is 4.98 Å². The van der Waals surface area contributed by atoms with Crippen LogP contribution in [0.1, 0.15) is 5.56 Å². The molecule has 0 saturated heterocycles. The van der Waals surface area contributed by atoms with Crippen LogP contribution in [0.2, 0.25) is 0 Å². The number of aromatic nitrogens is 2. The standard InChI is InChI=1S/C19H20N2O2/c1-13-6-5-7-15(10-13)19-20-16(12-21(19)2)14-8-9-17(22-3)18(11-14)23-4/h5-12H,1-4H3. The van der Waals surface area contributed by atoms with Gasteiger partial charge in [0.05, 0.1) is 19.9 Å². The maximum atomic E-state index is 5.38. The number of hydrogen-bond donors (Lipinski definition) is 0. The minimum atomic E-state index is 0.702. The molecule has 3 aromatic rings. The summed E-state index contributed by atoms with van der Waals surface area (Å²) in [4.78, 5) is 4.79. The van der Waals surface area contributed by atoms with Crippen molar-refractivity contribution in [3.8, 4) is 34.1 Å². The van der Waals surface area contributed by atoms with Gasteiger partial charge in [0.25, 0.3) is 0 Å². The molecule has 23 heavy (non-hydrogen) atoms. The molecule has 1 heterocycles. The maximum absolute atomic E-state index is 5.38. The number of ether oxygens (including phenoxy) is 2. The first-order valence-electron chi connectivity index (χ1n) is 7.45. The number of hydrogen-bond acceptors (Lipinski definition) is 3. The molecule has 0 N–H and O–H groups in total. The molecule has 4 nitrogen and oxygen atoms in total. The van der Waals surface area contributed by atoms with Gasteiger partial charge in [-0.1, -0.05) is 23.8 Å². The molecule has 0 bridgehead atoms. The first kappa shape index (κ1) is 15.2. The highest BCUT2D eigenvalue weighted by molar-refractivity contribution is 5.68. The number of benzene rings is 2. The van der Waals surface area contributed by atoms with Gasteiger partial charge < -0.3 is 14.0 Å². The Bertz CT molecular complexity index is 837. The van der Waals surface area contributed by atoms with Gasteiger partial charge in [0, 0.05) is 24.4 Å². The lowest BCUT2D eigenvalue weighted by molar-refractivity contribution is 0.355. The highest BCUT2D eigenvalue weighted by Gasteiger charge is 2.12. The number of aryl methyl sites for hydroxylation is 2. The Balaban J connectivity index is 2.04. The topological polar surface area (TPSA) is 36.3 Å². The first-order chi connectivity index (χ1) is 11.1. The molecule has 0 radical (unpaired) electrons. The van der Waals surface area contributed by atoms with Crippen molar-refractivity contribution in [3.63, 3.8) is 0 Å². The van der Waals surface area contributed by atoms with Crippen LogP contribution < -0.4 is 9.47 Å². The SMILES string of the molecule is COc1ccc(-c2cn(C)c(-c3cccc(C)c3)n2)cc1OC. The zero-order valence-corrected chi connectivity index (χ0v) is 13.8. The molecule has 0 spiro atoms. The average Bonchev–Trinajstić information content (AvgIpc) is 2.96. The van der Waals surface area contributed by atoms with Crippen LogP contribution in [-0.4, -0.2) is 23.8 Å². The van der Waals surface area contributed by atoms with E-state index in [2.05, 4.69) is 31.2 Å². The Morgan fingerprint density at radius 2 is 1.70 bits per heavy atom. The van der Waals surface area contributed by atoms with Crippen molar-refractivity contribution in [2.45, 2.75) is 6.92 Å². The molecule has 3 rings (SSSR count). The first-order valence-corrected chi connectivity index (χ1v) is 7.45. The van der Waals surface area contributed by atoms with E-state index in [1.54, 1.807) is 14.2 Å². The van der Waals surface area contributed by atoms with E-state index in [1.165, 1.54) is 5.56 Å². The van der Waals surface area contributed by atoms with Crippen molar-refractivity contribution < 1.29 is 9.47 Å². The second-order valence-electron chi connectivity index (χ2n) is 5.50. The second-order valence-corrected chi connectivity index (χ2v) is 5.50. The van der Waals surface area contributed by atoms with Gasteiger partial charge in [-0.2, -0.15) is 0 Å². The molecule has 0 amide bonds. The lowest BCUT2D eigenvalue weighted by atomic mass is 10.1. The second kappa shape index (κ2) is 6.16. The predicted octanol–water partition coefficient (Wildman–Crippen LogP) is 4.08. The zero-order chi connectivity index (χ0) is 16.4. The predicted molar refractivity (Wildman–Crippen MR) is 91.9 cm³/mol. The molecule has 118 valence electrons. The van der Waals surface area contributed by atoms with Crippen molar-refractivity contribution >= 4 is 0 Å². The summed E-state index contributed by atoms with van der Waals surface area (Å²) < 4.78 is 12.7. The average molecular weight is 308 g/mol. The van der Waals surface area contributed by atoms with Crippen molar-refractivity contribution in [3.05, 3.63) is 54.2 Å². The molecule has 0 aliphatic carbocycles. The summed E-state index contributed by atoms with van der Waals surface area (Å²) in [5.74, 6) is 2.36. The maximum Gasteiger partial charge on any atom is 0.161 e. The fourth-order valence-corrected chi connectivity index (χ4v) is 2.65. The molecular weight excluding hydrogens is 288 g/mol. The van der Waals surface area contributed by atoms with Crippen LogP contribution in [0.25, 0.3) is 22.6 Å². The zero-order valence-electron chi connectivity index (χ0n) is 13.8. The van der Waals surface area contributed by atoms with E-state index in [-0.39, 0.29) is 0 Å². The Hall–Kier alpha value is -2.75. The molecule has 1 aromatic heterocycles. The number of nitrogens with zero attached hydrogens (tertiary/aromatic N) is 2. The number of imidazole rings is 1. The molecule has 0 atom stereocenters. The van der Waals surface area contributed by atoms with Crippen LogP contribution >= 0.6 is 0 Å². The van der Waals surface area contributed by atoms with Gasteiger partial charge in [-0.05, 0) is 31.2 Å². The normalized spacial score (nSPS) is 10.6. The molecule has 0 aliphatic heterocycles. The van der Waals surface area contributed by atoms with Crippen molar-refractivity contribution in [2.24, 2.45) is 7.05 Å². The van der Waals surface area contributed by atoms with E-state index in [1.807, 2.05) is 36.0 Å². The molecule has 0 fully saturated rings. The van der Waals surface area contributed by atoms with Gasteiger partial charge in [-0.15, -0.1) is 0 Å². The smallest absolute Gasteiger partial charge is 0.161 e. The van der Waals surface area contributed by atoms with Crippen LogP contribution in [0.15, 0.2) is 48.7 Å². The van der Waals surface area contributed by atoms with Gasteiger partial charge >= 0.3 is 0 Å². The highest BCUT2D eigenvalue weighted by Crippen LogP contribution is 2.32. The molecule has 4 heteroatoms. The van der Waals surface area contributed by atoms with E-state index in [0.29, 0.717) is 11.5 Å². The van der Waals surface area contributed by atoms with Crippen molar-refractivity contribution in [1.29, 1.82) is 0 Å². The van der Waals surface area contributed by atoms with E-state index in [4.69, 9.17) is 14.5 Å². The Kier molecular flexibility index (Phi) is 4.06. The fourth-order valence-electron chi connectivity index (χ4n) is 2.65. The van der Waals surface area contributed by atoms with Gasteiger partial charge in [0.2, 0.25) is 0 Å². The third-order valence-electron chi connectivity index (χ3n) is 3.83. The summed E-state index contributed by atoms with van der Waals surface area (Å²) in [7, 11) is 5.28. The van der Waals surface area contributed by atoms with E-state index >= 15 is 0 Å². The highest BCUT2D eigenvalue weighted by atomic mass is 16.5. The quantitative estimate of drug-likeness (QED) is 0.728. The van der Waals surface area contributed by atoms with Crippen LogP contribution in [0.4, 0.5) is 0 Å². The lowest BCUT2D eigenvalue weighted by Gasteiger charge is -2.08. The third kappa shape index (κ3) is 2.93. The van der Waals surface area contributed by atoms with Gasteiger partial charge in [0.15, 0.2) is 11.5 Å². The van der Waals surface area contributed by atoms with E-state index in [0.717, 1.165) is 22.6 Å². The molecule has 2 aromatic carbocycles. The Labute approximate surface area is 136 Å². The summed E-state index contributed by atoms with van der Waals surface area (Å²) in [5.41, 5.74) is 4.24. The fraction of sp³-hybridized carbons (Fsp3) is 0.211. The molecule has 0 aliphatic rings. The lowest BCUT2D eigenvalue weighted by Crippen LogP contribution is -1.91. The Morgan fingerprint density at radius 3 is 2.39 bits per heavy atom. The Morgan fingerprint density at radius 1 is 0.913 bits per heavy atom. The van der Waals surface area contributed by atoms with Crippen LogP contribution in [0.3, 0.4) is 0 Å². The van der Waals surface area contributed by atoms with Crippen molar-refractivity contribution in [1.82, 2.24) is 9.55 Å². The summed E-state index contributed by atoms with van der Waals surface area (Å²) in [6.07, 6.45) is 2.03. The van der Waals surface area contributed by atoms with Crippen LogP contribution in [0.5, 0.6) is 11.5 Å². The monoisotopic (exact) mass is 308 g/mol. The molecule has 0 saturated carbocycles. The van der Waals surface area contributed by atoms with Gasteiger partial charge in [-0.3, -0.25) is 0 Å². The summed E-state index contributed by atoms with van der Waals surface area (Å²) >= 11 is 0. The van der Waals surface area contributed by atoms with E-state index < -0.39 is 0 Å². The van der Waals surface area contributed by atoms with Crippen LogP contribution in [-0.2, 0) is 7.05 Å². The van der Waals surface area contributed by atoms with E-state index in [9.17, 15) is 0 Å². The largest absolute Gasteiger partial charge is 0.493 e. The number of methoxy groups -OCH3 is 2. The van der Waals surface area contributed by atoms with Crippen LogP contribution in [0, 0.1) is 6.92 Å². The van der Waals surface area contributed by atoms with Crippen molar-refractivity contribution in [2.75, 3.05) is 14.2 Å². The number of rotatable bonds is 4. The molecular formula is C19H20N2O2. The third-order valence-corrected chi connectivity index (χ3v) is 3.83. The molecule has 0 unspecified atom stereocenters. The minimum absolute atomic E-state index is 0.702. The minimum Gasteiger partial charge on any atom is -0.493 e. The summed E-state index contributed by atoms with van der Waals surface area (Å²) in [5, 5.41) is 0.